The number of aryl methyl sites for hydroxylation is 1. The fraction of sp³-hybridized carbons (Fsp3) is 0.615. The predicted octanol–water partition coefficient (Wildman–Crippen LogP) is 1.80. The van der Waals surface area contributed by atoms with E-state index in [2.05, 4.69) is 16.6 Å². The molecule has 2 unspecified atom stereocenters. The Kier molecular flexibility index (Phi) is 3.93. The molecule has 7 heteroatoms. The van der Waals surface area contributed by atoms with Gasteiger partial charge in [0.15, 0.2) is 0 Å². The SMILES string of the molecule is Cc1[nH]c(C(=O)O)c(C)c1S(=O)(=O)NC1CCC(C)C1. The second kappa shape index (κ2) is 5.21. The molecule has 0 radical (unpaired) electrons. The summed E-state index contributed by atoms with van der Waals surface area (Å²) in [7, 11) is -3.69. The average molecular weight is 300 g/mol. The molecule has 2 rings (SSSR count). The maximum absolute atomic E-state index is 12.4. The average Bonchev–Trinajstić information content (AvgIpc) is 2.82. The molecular formula is C13H20N2O4S. The Morgan fingerprint density at radius 3 is 2.45 bits per heavy atom. The van der Waals surface area contributed by atoms with Crippen molar-refractivity contribution in [1.29, 1.82) is 0 Å². The molecule has 112 valence electrons. The number of sulfonamides is 1. The molecule has 1 aliphatic rings. The topological polar surface area (TPSA) is 99.3 Å². The zero-order chi connectivity index (χ0) is 15.1. The van der Waals surface area contributed by atoms with E-state index in [1.165, 1.54) is 6.92 Å². The van der Waals surface area contributed by atoms with Gasteiger partial charge in [0, 0.05) is 17.3 Å². The van der Waals surface area contributed by atoms with Crippen LogP contribution in [0.25, 0.3) is 0 Å². The lowest BCUT2D eigenvalue weighted by molar-refractivity contribution is 0.0690. The van der Waals surface area contributed by atoms with Crippen molar-refractivity contribution < 1.29 is 18.3 Å². The highest BCUT2D eigenvalue weighted by Crippen LogP contribution is 2.28. The van der Waals surface area contributed by atoms with Gasteiger partial charge in [0.1, 0.15) is 10.6 Å². The molecule has 3 N–H and O–H groups in total. The van der Waals surface area contributed by atoms with Crippen molar-refractivity contribution in [2.24, 2.45) is 5.92 Å². The van der Waals surface area contributed by atoms with Gasteiger partial charge < -0.3 is 10.1 Å². The summed E-state index contributed by atoms with van der Waals surface area (Å²) in [4.78, 5) is 13.8. The summed E-state index contributed by atoms with van der Waals surface area (Å²) >= 11 is 0. The van der Waals surface area contributed by atoms with E-state index in [0.29, 0.717) is 11.6 Å². The smallest absolute Gasteiger partial charge is 0.352 e. The van der Waals surface area contributed by atoms with Gasteiger partial charge in [-0.15, -0.1) is 0 Å². The number of carbonyl (C=O) groups is 1. The highest BCUT2D eigenvalue weighted by Gasteiger charge is 2.30. The van der Waals surface area contributed by atoms with Gasteiger partial charge in [0.25, 0.3) is 0 Å². The number of aromatic carboxylic acids is 1. The first kappa shape index (κ1) is 15.1. The van der Waals surface area contributed by atoms with E-state index in [4.69, 9.17) is 5.11 Å². The van der Waals surface area contributed by atoms with Crippen LogP contribution in [0.4, 0.5) is 0 Å². The molecule has 1 heterocycles. The highest BCUT2D eigenvalue weighted by atomic mass is 32.2. The maximum atomic E-state index is 12.4. The van der Waals surface area contributed by atoms with E-state index < -0.39 is 16.0 Å². The summed E-state index contributed by atoms with van der Waals surface area (Å²) in [6.07, 6.45) is 2.67. The fourth-order valence-electron chi connectivity index (χ4n) is 2.94. The molecule has 1 aliphatic carbocycles. The number of carboxylic acid groups (broad SMARTS) is 1. The lowest BCUT2D eigenvalue weighted by Gasteiger charge is -2.13. The van der Waals surface area contributed by atoms with Crippen molar-refractivity contribution in [2.45, 2.75) is 51.0 Å². The third-order valence-corrected chi connectivity index (χ3v) is 5.66. The summed E-state index contributed by atoms with van der Waals surface area (Å²) in [6.45, 7) is 5.19. The first-order chi connectivity index (χ1) is 9.22. The first-order valence-electron chi connectivity index (χ1n) is 6.67. The quantitative estimate of drug-likeness (QED) is 0.789. The normalized spacial score (nSPS) is 23.1. The number of hydrogen-bond donors (Lipinski definition) is 3. The van der Waals surface area contributed by atoms with E-state index in [0.717, 1.165) is 19.3 Å². The fourth-order valence-corrected chi connectivity index (χ4v) is 4.67. The van der Waals surface area contributed by atoms with Gasteiger partial charge in [0.05, 0.1) is 0 Å². The second-order valence-corrected chi connectivity index (χ2v) is 7.27. The number of aromatic amines is 1. The largest absolute Gasteiger partial charge is 0.477 e. The van der Waals surface area contributed by atoms with Gasteiger partial charge in [-0.2, -0.15) is 0 Å². The molecule has 0 aromatic carbocycles. The van der Waals surface area contributed by atoms with Crippen LogP contribution in [-0.4, -0.2) is 30.5 Å². The van der Waals surface area contributed by atoms with Gasteiger partial charge in [0.2, 0.25) is 10.0 Å². The third kappa shape index (κ3) is 2.73. The second-order valence-electron chi connectivity index (χ2n) is 5.62. The first-order valence-corrected chi connectivity index (χ1v) is 8.15. The molecule has 0 aliphatic heterocycles. The zero-order valence-electron chi connectivity index (χ0n) is 11.9. The van der Waals surface area contributed by atoms with E-state index in [1.54, 1.807) is 6.92 Å². The molecule has 0 saturated heterocycles. The van der Waals surface area contributed by atoms with Crippen molar-refractivity contribution in [3.63, 3.8) is 0 Å². The Morgan fingerprint density at radius 2 is 2.00 bits per heavy atom. The molecule has 0 bridgehead atoms. The van der Waals surface area contributed by atoms with Gasteiger partial charge >= 0.3 is 5.97 Å². The Labute approximate surface area is 118 Å². The zero-order valence-corrected chi connectivity index (χ0v) is 12.7. The highest BCUT2D eigenvalue weighted by molar-refractivity contribution is 7.89. The Balaban J connectivity index is 2.32. The van der Waals surface area contributed by atoms with Crippen LogP contribution < -0.4 is 4.72 Å². The Hall–Kier alpha value is -1.34. The summed E-state index contributed by atoms with van der Waals surface area (Å²) in [5, 5.41) is 9.04. The van der Waals surface area contributed by atoms with Crippen LogP contribution in [-0.2, 0) is 10.0 Å². The molecule has 1 fully saturated rings. The van der Waals surface area contributed by atoms with E-state index in [9.17, 15) is 13.2 Å². The Morgan fingerprint density at radius 1 is 1.35 bits per heavy atom. The third-order valence-electron chi connectivity index (χ3n) is 3.87. The van der Waals surface area contributed by atoms with Crippen LogP contribution in [0.5, 0.6) is 0 Å². The number of carboxylic acids is 1. The van der Waals surface area contributed by atoms with Crippen LogP contribution in [0.2, 0.25) is 0 Å². The summed E-state index contributed by atoms with van der Waals surface area (Å²) in [5.41, 5.74) is 0.551. The van der Waals surface area contributed by atoms with Gasteiger partial charge in [-0.1, -0.05) is 6.92 Å². The standard InChI is InChI=1S/C13H20N2O4S/c1-7-4-5-10(6-7)15-20(18,19)12-8(2)11(13(16)17)14-9(12)3/h7,10,14-15H,4-6H2,1-3H3,(H,16,17). The molecule has 0 amide bonds. The van der Waals surface area contributed by atoms with Crippen LogP contribution in [0, 0.1) is 19.8 Å². The monoisotopic (exact) mass is 300 g/mol. The molecule has 6 nitrogen and oxygen atoms in total. The van der Waals surface area contributed by atoms with Gasteiger partial charge in [-0.3, -0.25) is 0 Å². The summed E-state index contributed by atoms with van der Waals surface area (Å²) < 4.78 is 27.6. The van der Waals surface area contributed by atoms with Crippen molar-refractivity contribution in [1.82, 2.24) is 9.71 Å². The predicted molar refractivity (Wildman–Crippen MR) is 74.4 cm³/mol. The van der Waals surface area contributed by atoms with Crippen molar-refractivity contribution >= 4 is 16.0 Å². The minimum Gasteiger partial charge on any atom is -0.477 e. The van der Waals surface area contributed by atoms with Crippen LogP contribution in [0.15, 0.2) is 4.90 Å². The van der Waals surface area contributed by atoms with Crippen molar-refractivity contribution in [2.75, 3.05) is 0 Å². The molecule has 2 atom stereocenters. The number of hydrogen-bond acceptors (Lipinski definition) is 3. The minimum absolute atomic E-state index is 0.0584. The lowest BCUT2D eigenvalue weighted by Crippen LogP contribution is -2.33. The molecule has 0 spiro atoms. The van der Waals surface area contributed by atoms with Crippen LogP contribution in [0.1, 0.15) is 47.9 Å². The van der Waals surface area contributed by atoms with Gasteiger partial charge in [-0.25, -0.2) is 17.9 Å². The lowest BCUT2D eigenvalue weighted by atomic mass is 10.1. The molecule has 20 heavy (non-hydrogen) atoms. The minimum atomic E-state index is -3.69. The number of nitrogens with one attached hydrogen (secondary N) is 2. The van der Waals surface area contributed by atoms with Gasteiger partial charge in [-0.05, 0) is 39.0 Å². The van der Waals surface area contributed by atoms with Crippen molar-refractivity contribution in [3.05, 3.63) is 17.0 Å². The summed E-state index contributed by atoms with van der Waals surface area (Å²) in [6, 6.07) is -0.0584. The molecule has 1 aromatic heterocycles. The van der Waals surface area contributed by atoms with Crippen LogP contribution in [0.3, 0.4) is 0 Å². The Bertz CT molecular complexity index is 633. The number of aromatic nitrogens is 1. The van der Waals surface area contributed by atoms with E-state index in [1.807, 2.05) is 0 Å². The molecule has 1 aromatic rings. The van der Waals surface area contributed by atoms with Crippen LogP contribution >= 0.6 is 0 Å². The van der Waals surface area contributed by atoms with E-state index >= 15 is 0 Å². The van der Waals surface area contributed by atoms with E-state index in [-0.39, 0.29) is 22.2 Å². The van der Waals surface area contributed by atoms with Crippen molar-refractivity contribution in [3.8, 4) is 0 Å². The molecule has 1 saturated carbocycles. The molecular weight excluding hydrogens is 280 g/mol. The maximum Gasteiger partial charge on any atom is 0.352 e. The number of H-pyrrole nitrogens is 1. The summed E-state index contributed by atoms with van der Waals surface area (Å²) in [5.74, 6) is -0.632. The number of rotatable bonds is 4.